The zero-order valence-corrected chi connectivity index (χ0v) is 17.0. The molecule has 0 amide bonds. The van der Waals surface area contributed by atoms with E-state index in [1.165, 1.54) is 6.07 Å². The molecule has 30 heavy (non-hydrogen) atoms. The molecule has 0 aliphatic heterocycles. The minimum atomic E-state index is -0.486. The molecule has 0 bridgehead atoms. The third-order valence-corrected chi connectivity index (χ3v) is 4.48. The van der Waals surface area contributed by atoms with Crippen molar-refractivity contribution in [3.8, 4) is 0 Å². The van der Waals surface area contributed by atoms with Gasteiger partial charge in [0, 0.05) is 36.6 Å². The molecule has 1 aromatic heterocycles. The van der Waals surface area contributed by atoms with E-state index in [1.54, 1.807) is 36.4 Å². The lowest BCUT2D eigenvalue weighted by atomic mass is 10.0. The number of hydrogen-bond acceptors (Lipinski definition) is 7. The van der Waals surface area contributed by atoms with E-state index in [4.69, 9.17) is 4.52 Å². The van der Waals surface area contributed by atoms with Gasteiger partial charge in [-0.05, 0) is 24.5 Å². The van der Waals surface area contributed by atoms with Gasteiger partial charge in [-0.2, -0.15) is 4.98 Å². The number of ketones is 1. The second-order valence-electron chi connectivity index (χ2n) is 7.42. The third-order valence-electron chi connectivity index (χ3n) is 4.48. The summed E-state index contributed by atoms with van der Waals surface area (Å²) in [5.74, 6) is 1.46. The molecule has 156 valence electrons. The molecule has 0 spiro atoms. The van der Waals surface area contributed by atoms with Crippen molar-refractivity contribution in [3.63, 3.8) is 0 Å². The number of rotatable bonds is 10. The summed E-state index contributed by atoms with van der Waals surface area (Å²) in [5.41, 5.74) is 1.01. The van der Waals surface area contributed by atoms with Crippen molar-refractivity contribution in [2.24, 2.45) is 5.92 Å². The van der Waals surface area contributed by atoms with Crippen LogP contribution in [0.3, 0.4) is 0 Å². The maximum atomic E-state index is 12.6. The largest absolute Gasteiger partial charge is 0.379 e. The van der Waals surface area contributed by atoms with Crippen LogP contribution in [0.5, 0.6) is 0 Å². The maximum absolute atomic E-state index is 12.6. The average molecular weight is 408 g/mol. The Kier molecular flexibility index (Phi) is 6.90. The van der Waals surface area contributed by atoms with Crippen molar-refractivity contribution in [1.82, 2.24) is 10.1 Å². The topological polar surface area (TPSA) is 111 Å². The summed E-state index contributed by atoms with van der Waals surface area (Å²) in [5, 5.41) is 18.5. The van der Waals surface area contributed by atoms with Crippen LogP contribution in [0.1, 0.15) is 47.9 Å². The van der Waals surface area contributed by atoms with Crippen LogP contribution in [0.25, 0.3) is 0 Å². The van der Waals surface area contributed by atoms with Crippen molar-refractivity contribution in [2.75, 3.05) is 11.9 Å². The number of nitrogens with zero attached hydrogens (tertiary/aromatic N) is 3. The number of nitro benzene ring substituents is 1. The van der Waals surface area contributed by atoms with Gasteiger partial charge in [0.15, 0.2) is 11.6 Å². The fourth-order valence-electron chi connectivity index (χ4n) is 3.03. The summed E-state index contributed by atoms with van der Waals surface area (Å²) in [7, 11) is 0. The molecule has 1 heterocycles. The summed E-state index contributed by atoms with van der Waals surface area (Å²) in [6, 6.07) is 13.2. The van der Waals surface area contributed by atoms with Gasteiger partial charge in [0.1, 0.15) is 5.69 Å². The van der Waals surface area contributed by atoms with Gasteiger partial charge in [0.25, 0.3) is 5.69 Å². The fraction of sp³-hybridized carbons (Fsp3) is 0.318. The van der Waals surface area contributed by atoms with E-state index in [9.17, 15) is 14.9 Å². The monoisotopic (exact) mass is 408 g/mol. The van der Waals surface area contributed by atoms with Crippen LogP contribution in [-0.2, 0) is 12.8 Å². The number of hydrogen-bond donors (Lipinski definition) is 1. The SMILES string of the molecule is CC(C)Cc1noc(CCCNc2ccc(C(=O)c3ccccc3)cc2[N+](=O)[O-])n1. The third kappa shape index (κ3) is 5.50. The summed E-state index contributed by atoms with van der Waals surface area (Å²) >= 11 is 0. The number of aryl methyl sites for hydroxylation is 1. The normalized spacial score (nSPS) is 10.9. The van der Waals surface area contributed by atoms with Crippen LogP contribution >= 0.6 is 0 Å². The van der Waals surface area contributed by atoms with Crippen LogP contribution in [0.4, 0.5) is 11.4 Å². The first-order valence-electron chi connectivity index (χ1n) is 9.87. The molecule has 0 saturated carbocycles. The highest BCUT2D eigenvalue weighted by atomic mass is 16.6. The molecule has 0 aliphatic carbocycles. The molecule has 1 N–H and O–H groups in total. The molecule has 0 radical (unpaired) electrons. The zero-order valence-electron chi connectivity index (χ0n) is 17.0. The van der Waals surface area contributed by atoms with Crippen LogP contribution in [-0.4, -0.2) is 27.4 Å². The van der Waals surface area contributed by atoms with Gasteiger partial charge < -0.3 is 9.84 Å². The van der Waals surface area contributed by atoms with Crippen LogP contribution in [0, 0.1) is 16.0 Å². The van der Waals surface area contributed by atoms with E-state index in [2.05, 4.69) is 29.3 Å². The zero-order chi connectivity index (χ0) is 21.5. The molecule has 8 nitrogen and oxygen atoms in total. The molecular formula is C22H24N4O4. The molecule has 8 heteroatoms. The van der Waals surface area contributed by atoms with Crippen molar-refractivity contribution < 1.29 is 14.2 Å². The van der Waals surface area contributed by atoms with Crippen molar-refractivity contribution in [3.05, 3.63) is 81.5 Å². The van der Waals surface area contributed by atoms with E-state index >= 15 is 0 Å². The number of benzene rings is 2. The van der Waals surface area contributed by atoms with Gasteiger partial charge in [0.2, 0.25) is 5.89 Å². The number of carbonyl (C=O) groups is 1. The lowest BCUT2D eigenvalue weighted by Crippen LogP contribution is -2.08. The molecular weight excluding hydrogens is 384 g/mol. The first-order valence-corrected chi connectivity index (χ1v) is 9.87. The van der Waals surface area contributed by atoms with Gasteiger partial charge in [-0.25, -0.2) is 0 Å². The number of carbonyl (C=O) groups excluding carboxylic acids is 1. The Hall–Kier alpha value is -3.55. The van der Waals surface area contributed by atoms with Crippen molar-refractivity contribution >= 4 is 17.2 Å². The molecule has 0 aliphatic rings. The van der Waals surface area contributed by atoms with Gasteiger partial charge in [0.05, 0.1) is 4.92 Å². The van der Waals surface area contributed by atoms with Gasteiger partial charge in [-0.3, -0.25) is 14.9 Å². The smallest absolute Gasteiger partial charge is 0.293 e. The quantitative estimate of drug-likeness (QED) is 0.228. The Morgan fingerprint density at radius 3 is 2.63 bits per heavy atom. The van der Waals surface area contributed by atoms with E-state index in [1.807, 2.05) is 6.07 Å². The second kappa shape index (κ2) is 9.78. The lowest BCUT2D eigenvalue weighted by molar-refractivity contribution is -0.384. The Morgan fingerprint density at radius 2 is 1.93 bits per heavy atom. The van der Waals surface area contributed by atoms with E-state index in [-0.39, 0.29) is 17.0 Å². The predicted octanol–water partition coefficient (Wildman–Crippen LogP) is 4.45. The average Bonchev–Trinajstić information content (AvgIpc) is 3.17. The Morgan fingerprint density at radius 1 is 1.17 bits per heavy atom. The lowest BCUT2D eigenvalue weighted by Gasteiger charge is -2.08. The van der Waals surface area contributed by atoms with E-state index in [0.717, 1.165) is 6.42 Å². The fourth-order valence-corrected chi connectivity index (χ4v) is 3.03. The maximum Gasteiger partial charge on any atom is 0.293 e. The van der Waals surface area contributed by atoms with E-state index in [0.29, 0.717) is 48.3 Å². The van der Waals surface area contributed by atoms with Crippen LogP contribution in [0.15, 0.2) is 53.1 Å². The summed E-state index contributed by atoms with van der Waals surface area (Å²) in [4.78, 5) is 27.9. The van der Waals surface area contributed by atoms with Crippen molar-refractivity contribution in [1.29, 1.82) is 0 Å². The van der Waals surface area contributed by atoms with E-state index < -0.39 is 4.92 Å². The highest BCUT2D eigenvalue weighted by molar-refractivity contribution is 6.09. The van der Waals surface area contributed by atoms with Gasteiger partial charge in [-0.15, -0.1) is 0 Å². The molecule has 0 fully saturated rings. The number of anilines is 1. The Labute approximate surface area is 174 Å². The minimum Gasteiger partial charge on any atom is -0.379 e. The summed E-state index contributed by atoms with van der Waals surface area (Å²) in [6.07, 6.45) is 2.02. The number of nitro groups is 1. The molecule has 0 unspecified atom stereocenters. The number of aromatic nitrogens is 2. The molecule has 2 aromatic carbocycles. The predicted molar refractivity (Wildman–Crippen MR) is 113 cm³/mol. The standard InChI is InChI=1S/C22H24N4O4/c1-15(2)13-20-24-21(30-25-20)9-6-12-23-18-11-10-17(14-19(18)26(28)29)22(27)16-7-4-3-5-8-16/h3-5,7-8,10-11,14-15,23H,6,9,12-13H2,1-2H3. The molecule has 3 rings (SSSR count). The van der Waals surface area contributed by atoms with Gasteiger partial charge in [-0.1, -0.05) is 49.3 Å². The summed E-state index contributed by atoms with van der Waals surface area (Å²) in [6.45, 7) is 4.67. The minimum absolute atomic E-state index is 0.131. The highest BCUT2D eigenvalue weighted by Gasteiger charge is 2.18. The second-order valence-corrected chi connectivity index (χ2v) is 7.42. The first-order chi connectivity index (χ1) is 14.4. The Bertz CT molecular complexity index is 1010. The van der Waals surface area contributed by atoms with Gasteiger partial charge >= 0.3 is 0 Å². The number of nitrogens with one attached hydrogen (secondary N) is 1. The van der Waals surface area contributed by atoms with Crippen LogP contribution < -0.4 is 5.32 Å². The molecule has 3 aromatic rings. The van der Waals surface area contributed by atoms with Crippen LogP contribution in [0.2, 0.25) is 0 Å². The Balaban J connectivity index is 1.61. The molecule has 0 saturated heterocycles. The van der Waals surface area contributed by atoms with Crippen molar-refractivity contribution in [2.45, 2.75) is 33.1 Å². The first kappa shape index (κ1) is 21.2. The molecule has 0 atom stereocenters. The summed E-state index contributed by atoms with van der Waals surface area (Å²) < 4.78 is 5.23. The highest BCUT2D eigenvalue weighted by Crippen LogP contribution is 2.27.